The number of benzene rings is 1. The standard InChI is InChI=1S/C19H25BN2O4/c1-7-24-17(23)14-9-8-13(16-10-11-22(6)21-16)12-15(14)20-25-18(2,3)19(4,5)26-20/h8-12H,7H2,1-6H3. The highest BCUT2D eigenvalue weighted by molar-refractivity contribution is 6.63. The third kappa shape index (κ3) is 3.29. The predicted octanol–water partition coefficient (Wildman–Crippen LogP) is 2.56. The van der Waals surface area contributed by atoms with Crippen LogP contribution in [0.3, 0.4) is 0 Å². The molecule has 1 aromatic heterocycles. The number of aryl methyl sites for hydroxylation is 1. The number of aromatic nitrogens is 2. The van der Waals surface area contributed by atoms with E-state index in [1.165, 1.54) is 0 Å². The summed E-state index contributed by atoms with van der Waals surface area (Å²) in [5, 5.41) is 4.44. The summed E-state index contributed by atoms with van der Waals surface area (Å²) < 4.78 is 19.3. The third-order valence-electron chi connectivity index (χ3n) is 5.06. The first-order valence-electron chi connectivity index (χ1n) is 8.81. The van der Waals surface area contributed by atoms with Crippen molar-refractivity contribution in [3.05, 3.63) is 36.0 Å². The minimum atomic E-state index is -0.650. The van der Waals surface area contributed by atoms with Crippen LogP contribution in [-0.2, 0) is 21.1 Å². The van der Waals surface area contributed by atoms with Gasteiger partial charge in [-0.2, -0.15) is 5.10 Å². The average molecular weight is 356 g/mol. The van der Waals surface area contributed by atoms with Crippen LogP contribution in [0.25, 0.3) is 11.3 Å². The second-order valence-corrected chi connectivity index (χ2v) is 7.49. The van der Waals surface area contributed by atoms with Crippen molar-refractivity contribution >= 4 is 18.6 Å². The van der Waals surface area contributed by atoms with E-state index in [9.17, 15) is 4.79 Å². The van der Waals surface area contributed by atoms with Crippen molar-refractivity contribution in [3.63, 3.8) is 0 Å². The van der Waals surface area contributed by atoms with Crippen molar-refractivity contribution in [2.75, 3.05) is 6.61 Å². The molecule has 1 saturated heterocycles. The molecule has 138 valence electrons. The van der Waals surface area contributed by atoms with E-state index in [2.05, 4.69) is 5.10 Å². The van der Waals surface area contributed by atoms with Gasteiger partial charge in [0.15, 0.2) is 0 Å². The Kier molecular flexibility index (Phi) is 4.71. The van der Waals surface area contributed by atoms with Gasteiger partial charge in [-0.1, -0.05) is 12.1 Å². The molecule has 2 heterocycles. The summed E-state index contributed by atoms with van der Waals surface area (Å²) in [6, 6.07) is 7.44. The summed E-state index contributed by atoms with van der Waals surface area (Å²) in [4.78, 5) is 12.4. The largest absolute Gasteiger partial charge is 0.495 e. The first kappa shape index (κ1) is 18.7. The molecule has 0 atom stereocenters. The van der Waals surface area contributed by atoms with E-state index in [1.54, 1.807) is 17.7 Å². The average Bonchev–Trinajstić information content (AvgIpc) is 3.08. The Bertz CT molecular complexity index is 813. The van der Waals surface area contributed by atoms with Gasteiger partial charge in [0.25, 0.3) is 0 Å². The fourth-order valence-electron chi connectivity index (χ4n) is 2.85. The van der Waals surface area contributed by atoms with Crippen LogP contribution in [0.4, 0.5) is 0 Å². The summed E-state index contributed by atoms with van der Waals surface area (Å²) in [5.41, 5.74) is 1.83. The maximum absolute atomic E-state index is 12.4. The van der Waals surface area contributed by atoms with Gasteiger partial charge in [0, 0.05) is 18.8 Å². The molecular weight excluding hydrogens is 331 g/mol. The Hall–Kier alpha value is -2.12. The summed E-state index contributed by atoms with van der Waals surface area (Å²) in [6.07, 6.45) is 1.88. The zero-order valence-electron chi connectivity index (χ0n) is 16.2. The number of carbonyl (C=O) groups is 1. The smallest absolute Gasteiger partial charge is 0.462 e. The minimum Gasteiger partial charge on any atom is -0.462 e. The van der Waals surface area contributed by atoms with Gasteiger partial charge in [0.1, 0.15) is 0 Å². The van der Waals surface area contributed by atoms with Crippen molar-refractivity contribution in [3.8, 4) is 11.3 Å². The molecule has 26 heavy (non-hydrogen) atoms. The molecule has 1 fully saturated rings. The van der Waals surface area contributed by atoms with Crippen LogP contribution in [0.5, 0.6) is 0 Å². The van der Waals surface area contributed by atoms with E-state index >= 15 is 0 Å². The Balaban J connectivity index is 2.06. The highest BCUT2D eigenvalue weighted by Gasteiger charge is 2.52. The summed E-state index contributed by atoms with van der Waals surface area (Å²) in [7, 11) is 1.22. The molecule has 1 aliphatic rings. The topological polar surface area (TPSA) is 62.6 Å². The zero-order chi connectivity index (χ0) is 19.1. The van der Waals surface area contributed by atoms with Crippen LogP contribution < -0.4 is 5.46 Å². The monoisotopic (exact) mass is 356 g/mol. The van der Waals surface area contributed by atoms with Gasteiger partial charge in [-0.3, -0.25) is 4.68 Å². The van der Waals surface area contributed by atoms with Gasteiger partial charge in [-0.25, -0.2) is 4.79 Å². The SMILES string of the molecule is CCOC(=O)c1ccc(-c2ccn(C)n2)cc1B1OC(C)(C)C(C)(C)O1. The van der Waals surface area contributed by atoms with E-state index in [1.807, 2.05) is 59.1 Å². The fourth-order valence-corrected chi connectivity index (χ4v) is 2.85. The molecule has 0 saturated carbocycles. The van der Waals surface area contributed by atoms with E-state index in [4.69, 9.17) is 14.0 Å². The van der Waals surface area contributed by atoms with Gasteiger partial charge >= 0.3 is 13.1 Å². The molecule has 0 amide bonds. The normalized spacial score (nSPS) is 18.2. The van der Waals surface area contributed by atoms with Crippen molar-refractivity contribution in [2.24, 2.45) is 7.05 Å². The van der Waals surface area contributed by atoms with Gasteiger partial charge in [-0.15, -0.1) is 0 Å². The van der Waals surface area contributed by atoms with Crippen molar-refractivity contribution < 1.29 is 18.8 Å². The van der Waals surface area contributed by atoms with Crippen LogP contribution in [-0.4, -0.2) is 40.7 Å². The number of hydrogen-bond acceptors (Lipinski definition) is 5. The maximum atomic E-state index is 12.4. The van der Waals surface area contributed by atoms with Crippen LogP contribution in [0, 0.1) is 0 Å². The highest BCUT2D eigenvalue weighted by Crippen LogP contribution is 2.37. The number of esters is 1. The molecular formula is C19H25BN2O4. The molecule has 1 aromatic carbocycles. The predicted molar refractivity (Wildman–Crippen MR) is 100 cm³/mol. The Morgan fingerprint density at radius 3 is 2.38 bits per heavy atom. The molecule has 0 radical (unpaired) electrons. The maximum Gasteiger partial charge on any atom is 0.495 e. The van der Waals surface area contributed by atoms with Crippen molar-refractivity contribution in [1.29, 1.82) is 0 Å². The molecule has 3 rings (SSSR count). The highest BCUT2D eigenvalue weighted by atomic mass is 16.7. The molecule has 0 spiro atoms. The molecule has 2 aromatic rings. The van der Waals surface area contributed by atoms with Gasteiger partial charge in [0.05, 0.1) is 29.1 Å². The molecule has 0 bridgehead atoms. The van der Waals surface area contributed by atoms with E-state index in [0.29, 0.717) is 17.6 Å². The fraction of sp³-hybridized carbons (Fsp3) is 0.474. The minimum absolute atomic E-state index is 0.309. The second kappa shape index (κ2) is 6.56. The number of ether oxygens (including phenoxy) is 1. The molecule has 7 heteroatoms. The van der Waals surface area contributed by atoms with Gasteiger partial charge < -0.3 is 14.0 Å². The van der Waals surface area contributed by atoms with E-state index < -0.39 is 18.3 Å². The second-order valence-electron chi connectivity index (χ2n) is 7.49. The number of hydrogen-bond donors (Lipinski definition) is 0. The summed E-state index contributed by atoms with van der Waals surface area (Å²) >= 11 is 0. The lowest BCUT2D eigenvalue weighted by atomic mass is 9.75. The van der Waals surface area contributed by atoms with Crippen molar-refractivity contribution in [1.82, 2.24) is 9.78 Å². The van der Waals surface area contributed by atoms with Crippen LogP contribution in [0.15, 0.2) is 30.5 Å². The van der Waals surface area contributed by atoms with Crippen LogP contribution in [0.2, 0.25) is 0 Å². The van der Waals surface area contributed by atoms with E-state index in [-0.39, 0.29) is 5.97 Å². The first-order valence-corrected chi connectivity index (χ1v) is 8.81. The number of rotatable bonds is 4. The molecule has 1 aliphatic heterocycles. The lowest BCUT2D eigenvalue weighted by Crippen LogP contribution is -2.41. The number of nitrogens with zero attached hydrogens (tertiary/aromatic N) is 2. The number of carbonyl (C=O) groups excluding carboxylic acids is 1. The Morgan fingerprint density at radius 2 is 1.85 bits per heavy atom. The lowest BCUT2D eigenvalue weighted by molar-refractivity contribution is 0.00578. The molecule has 0 aliphatic carbocycles. The Labute approximate surface area is 154 Å². The van der Waals surface area contributed by atoms with Crippen molar-refractivity contribution in [2.45, 2.75) is 45.8 Å². The van der Waals surface area contributed by atoms with Gasteiger partial charge in [-0.05, 0) is 52.2 Å². The third-order valence-corrected chi connectivity index (χ3v) is 5.06. The van der Waals surface area contributed by atoms with Crippen LogP contribution >= 0.6 is 0 Å². The summed E-state index contributed by atoms with van der Waals surface area (Å²) in [6.45, 7) is 10.0. The molecule has 0 N–H and O–H groups in total. The lowest BCUT2D eigenvalue weighted by Gasteiger charge is -2.32. The summed E-state index contributed by atoms with van der Waals surface area (Å²) in [5.74, 6) is -0.384. The van der Waals surface area contributed by atoms with Crippen LogP contribution in [0.1, 0.15) is 45.0 Å². The van der Waals surface area contributed by atoms with Gasteiger partial charge in [0.2, 0.25) is 0 Å². The molecule has 0 unspecified atom stereocenters. The van der Waals surface area contributed by atoms with E-state index in [0.717, 1.165) is 11.3 Å². The first-order chi connectivity index (χ1) is 12.1. The Morgan fingerprint density at radius 1 is 1.19 bits per heavy atom. The quantitative estimate of drug-likeness (QED) is 0.622. The molecule has 6 nitrogen and oxygen atoms in total. The zero-order valence-corrected chi connectivity index (χ0v) is 16.2.